The molecule has 0 N–H and O–H groups in total. The van der Waals surface area contributed by atoms with Crippen molar-refractivity contribution in [2.45, 2.75) is 20.4 Å². The minimum atomic E-state index is -0.501. The number of benzene rings is 1. The van der Waals surface area contributed by atoms with E-state index in [1.54, 1.807) is 23.0 Å². The van der Waals surface area contributed by atoms with E-state index in [9.17, 15) is 9.18 Å². The van der Waals surface area contributed by atoms with Gasteiger partial charge in [-0.1, -0.05) is 26.0 Å². The zero-order valence-electron chi connectivity index (χ0n) is 10.4. The summed E-state index contributed by atoms with van der Waals surface area (Å²) in [6, 6.07) is 4.60. The van der Waals surface area contributed by atoms with Crippen molar-refractivity contribution in [2.24, 2.45) is 5.92 Å². The van der Waals surface area contributed by atoms with Gasteiger partial charge in [0.05, 0.1) is 11.8 Å². The van der Waals surface area contributed by atoms with Crippen molar-refractivity contribution >= 4 is 6.29 Å². The molecule has 3 nitrogen and oxygen atoms in total. The molecule has 0 unspecified atom stereocenters. The van der Waals surface area contributed by atoms with E-state index in [1.807, 2.05) is 6.20 Å². The minimum Gasteiger partial charge on any atom is -0.298 e. The summed E-state index contributed by atoms with van der Waals surface area (Å²) in [5, 5.41) is 4.22. The summed E-state index contributed by atoms with van der Waals surface area (Å²) in [6.45, 7) is 4.99. The third kappa shape index (κ3) is 2.47. The van der Waals surface area contributed by atoms with Crippen LogP contribution in [0.4, 0.5) is 4.39 Å². The van der Waals surface area contributed by atoms with Crippen LogP contribution < -0.4 is 0 Å². The number of nitrogens with zero attached hydrogens (tertiary/aromatic N) is 2. The molecule has 0 saturated carbocycles. The molecule has 0 bridgehead atoms. The number of halogens is 1. The van der Waals surface area contributed by atoms with Gasteiger partial charge in [0.2, 0.25) is 0 Å². The van der Waals surface area contributed by atoms with Crippen molar-refractivity contribution in [3.63, 3.8) is 0 Å². The maximum Gasteiger partial charge on any atom is 0.153 e. The Morgan fingerprint density at radius 2 is 2.22 bits per heavy atom. The topological polar surface area (TPSA) is 34.9 Å². The van der Waals surface area contributed by atoms with E-state index in [4.69, 9.17) is 0 Å². The molecule has 1 aromatic carbocycles. The van der Waals surface area contributed by atoms with Crippen LogP contribution in [0.2, 0.25) is 0 Å². The number of hydrogen-bond donors (Lipinski definition) is 0. The average Bonchev–Trinajstić information content (AvgIpc) is 2.76. The van der Waals surface area contributed by atoms with Gasteiger partial charge in [-0.2, -0.15) is 5.10 Å². The van der Waals surface area contributed by atoms with Crippen LogP contribution >= 0.6 is 0 Å². The molecule has 0 atom stereocenters. The van der Waals surface area contributed by atoms with Gasteiger partial charge in [0, 0.05) is 18.3 Å². The molecule has 2 aromatic rings. The standard InChI is InChI=1S/C14H15FN2O/c1-10(2)7-17-8-11(6-16-17)12-4-3-5-14(15)13(12)9-18/h3-6,8-10H,7H2,1-2H3. The van der Waals surface area contributed by atoms with Crippen LogP contribution in [0.15, 0.2) is 30.6 Å². The van der Waals surface area contributed by atoms with Crippen LogP contribution in [-0.4, -0.2) is 16.1 Å². The third-order valence-corrected chi connectivity index (χ3v) is 2.67. The fourth-order valence-corrected chi connectivity index (χ4v) is 1.89. The molecule has 2 rings (SSSR count). The normalized spacial score (nSPS) is 10.9. The molecule has 4 heteroatoms. The molecule has 0 aliphatic rings. The Morgan fingerprint density at radius 1 is 1.44 bits per heavy atom. The zero-order chi connectivity index (χ0) is 13.1. The monoisotopic (exact) mass is 246 g/mol. The summed E-state index contributed by atoms with van der Waals surface area (Å²) in [5.41, 5.74) is 1.43. The lowest BCUT2D eigenvalue weighted by atomic mass is 10.0. The van der Waals surface area contributed by atoms with Crippen molar-refractivity contribution in [2.75, 3.05) is 0 Å². The van der Waals surface area contributed by atoms with E-state index in [0.29, 0.717) is 17.8 Å². The number of aromatic nitrogens is 2. The Labute approximate surface area is 105 Å². The number of aldehydes is 1. The zero-order valence-corrected chi connectivity index (χ0v) is 10.4. The van der Waals surface area contributed by atoms with E-state index >= 15 is 0 Å². The highest BCUT2D eigenvalue weighted by Gasteiger charge is 2.11. The number of carbonyl (C=O) groups excluding carboxylic acids is 1. The van der Waals surface area contributed by atoms with E-state index in [0.717, 1.165) is 12.1 Å². The molecule has 0 fully saturated rings. The van der Waals surface area contributed by atoms with E-state index in [-0.39, 0.29) is 5.56 Å². The second-order valence-corrected chi connectivity index (χ2v) is 4.66. The SMILES string of the molecule is CC(C)Cn1cc(-c2cccc(F)c2C=O)cn1. The highest BCUT2D eigenvalue weighted by molar-refractivity contribution is 5.87. The van der Waals surface area contributed by atoms with Crippen LogP contribution in [0.25, 0.3) is 11.1 Å². The van der Waals surface area contributed by atoms with Crippen LogP contribution in [-0.2, 0) is 6.54 Å². The highest BCUT2D eigenvalue weighted by atomic mass is 19.1. The first-order valence-electron chi connectivity index (χ1n) is 5.88. The van der Waals surface area contributed by atoms with Crippen LogP contribution in [0.5, 0.6) is 0 Å². The predicted molar refractivity (Wildman–Crippen MR) is 67.8 cm³/mol. The van der Waals surface area contributed by atoms with Gasteiger partial charge in [0.25, 0.3) is 0 Å². The summed E-state index contributed by atoms with van der Waals surface area (Å²) >= 11 is 0. The van der Waals surface area contributed by atoms with E-state index < -0.39 is 5.82 Å². The predicted octanol–water partition coefficient (Wildman–Crippen LogP) is 3.16. The Balaban J connectivity index is 2.40. The van der Waals surface area contributed by atoms with Crippen LogP contribution in [0.3, 0.4) is 0 Å². The number of carbonyl (C=O) groups is 1. The van der Waals surface area contributed by atoms with Gasteiger partial charge in [0.1, 0.15) is 5.82 Å². The van der Waals surface area contributed by atoms with Crippen LogP contribution in [0.1, 0.15) is 24.2 Å². The fourth-order valence-electron chi connectivity index (χ4n) is 1.89. The van der Waals surface area contributed by atoms with Crippen molar-refractivity contribution in [1.29, 1.82) is 0 Å². The molecule has 0 saturated heterocycles. The summed E-state index contributed by atoms with van der Waals surface area (Å²) in [7, 11) is 0. The van der Waals surface area contributed by atoms with Crippen molar-refractivity contribution in [3.05, 3.63) is 42.0 Å². The Kier molecular flexibility index (Phi) is 3.55. The lowest BCUT2D eigenvalue weighted by molar-refractivity contribution is 0.112. The van der Waals surface area contributed by atoms with E-state index in [1.165, 1.54) is 6.07 Å². The first kappa shape index (κ1) is 12.5. The molecule has 94 valence electrons. The molecule has 1 aromatic heterocycles. The average molecular weight is 246 g/mol. The van der Waals surface area contributed by atoms with Gasteiger partial charge in [-0.15, -0.1) is 0 Å². The Hall–Kier alpha value is -1.97. The highest BCUT2D eigenvalue weighted by Crippen LogP contribution is 2.24. The van der Waals surface area contributed by atoms with Crippen molar-refractivity contribution < 1.29 is 9.18 Å². The lowest BCUT2D eigenvalue weighted by Gasteiger charge is -2.04. The fraction of sp³-hybridized carbons (Fsp3) is 0.286. The molecule has 0 amide bonds. The molecular formula is C14H15FN2O. The third-order valence-electron chi connectivity index (χ3n) is 2.67. The van der Waals surface area contributed by atoms with Crippen molar-refractivity contribution in [3.8, 4) is 11.1 Å². The second-order valence-electron chi connectivity index (χ2n) is 4.66. The summed E-state index contributed by atoms with van der Waals surface area (Å²) in [4.78, 5) is 10.9. The summed E-state index contributed by atoms with van der Waals surface area (Å²) in [5.74, 6) is -0.0186. The molecular weight excluding hydrogens is 231 g/mol. The number of rotatable bonds is 4. The van der Waals surface area contributed by atoms with Gasteiger partial charge in [-0.3, -0.25) is 9.48 Å². The van der Waals surface area contributed by atoms with Gasteiger partial charge in [-0.05, 0) is 17.5 Å². The van der Waals surface area contributed by atoms with E-state index in [2.05, 4.69) is 18.9 Å². The van der Waals surface area contributed by atoms with Gasteiger partial charge >= 0.3 is 0 Å². The number of hydrogen-bond acceptors (Lipinski definition) is 2. The van der Waals surface area contributed by atoms with Gasteiger partial charge in [0.15, 0.2) is 6.29 Å². The molecule has 0 spiro atoms. The maximum absolute atomic E-state index is 13.5. The summed E-state index contributed by atoms with van der Waals surface area (Å²) < 4.78 is 15.3. The summed E-state index contributed by atoms with van der Waals surface area (Å²) in [6.07, 6.45) is 4.04. The molecule has 0 aliphatic heterocycles. The largest absolute Gasteiger partial charge is 0.298 e. The first-order chi connectivity index (χ1) is 8.61. The van der Waals surface area contributed by atoms with Crippen molar-refractivity contribution in [1.82, 2.24) is 9.78 Å². The van der Waals surface area contributed by atoms with Gasteiger partial charge < -0.3 is 0 Å². The molecule has 0 radical (unpaired) electrons. The first-order valence-corrected chi connectivity index (χ1v) is 5.88. The Morgan fingerprint density at radius 3 is 2.89 bits per heavy atom. The molecule has 18 heavy (non-hydrogen) atoms. The molecule has 0 aliphatic carbocycles. The maximum atomic E-state index is 13.5. The van der Waals surface area contributed by atoms with Crippen LogP contribution in [0, 0.1) is 11.7 Å². The smallest absolute Gasteiger partial charge is 0.153 e. The molecule has 1 heterocycles. The Bertz CT molecular complexity index is 561. The second kappa shape index (κ2) is 5.12. The van der Waals surface area contributed by atoms with Gasteiger partial charge in [-0.25, -0.2) is 4.39 Å². The minimum absolute atomic E-state index is 0.0848. The quantitative estimate of drug-likeness (QED) is 0.777. The lowest BCUT2D eigenvalue weighted by Crippen LogP contribution is -2.04.